The van der Waals surface area contributed by atoms with Crippen molar-refractivity contribution in [2.45, 2.75) is 18.1 Å². The van der Waals surface area contributed by atoms with Crippen LogP contribution in [0.3, 0.4) is 0 Å². The maximum Gasteiger partial charge on any atom is 0.416 e. The summed E-state index contributed by atoms with van der Waals surface area (Å²) in [5.41, 5.74) is 4.67. The largest absolute Gasteiger partial charge is 0.457 e. The molecule has 7 heteroatoms. The Balaban J connectivity index is 2.10. The van der Waals surface area contributed by atoms with Gasteiger partial charge in [-0.05, 0) is 42.3 Å². The van der Waals surface area contributed by atoms with Gasteiger partial charge in [0.25, 0.3) is 0 Å². The zero-order valence-electron chi connectivity index (χ0n) is 12.8. The molecule has 4 N–H and O–H groups in total. The number of alkyl halides is 3. The smallest absolute Gasteiger partial charge is 0.416 e. The van der Waals surface area contributed by atoms with Crippen LogP contribution in [-0.4, -0.2) is 29.0 Å². The second-order valence-electron chi connectivity index (χ2n) is 5.63. The van der Waals surface area contributed by atoms with E-state index in [1.807, 2.05) is 0 Å². The summed E-state index contributed by atoms with van der Waals surface area (Å²) in [4.78, 5) is 0. The molecule has 0 spiro atoms. The molecule has 0 amide bonds. The summed E-state index contributed by atoms with van der Waals surface area (Å²) < 4.78 is 43.5. The molecule has 0 aliphatic heterocycles. The van der Waals surface area contributed by atoms with Gasteiger partial charge in [-0.25, -0.2) is 0 Å². The first-order valence-corrected chi connectivity index (χ1v) is 7.20. The van der Waals surface area contributed by atoms with Crippen LogP contribution in [0.25, 0.3) is 0 Å². The molecule has 0 atom stereocenters. The predicted octanol–water partition coefficient (Wildman–Crippen LogP) is 2.72. The fourth-order valence-corrected chi connectivity index (χ4v) is 2.12. The summed E-state index contributed by atoms with van der Waals surface area (Å²) >= 11 is 0. The molecule has 0 heterocycles. The third kappa shape index (κ3) is 4.70. The van der Waals surface area contributed by atoms with Crippen LogP contribution >= 0.6 is 0 Å². The molecule has 0 saturated heterocycles. The van der Waals surface area contributed by atoms with Crippen LogP contribution in [0.15, 0.2) is 48.5 Å². The van der Waals surface area contributed by atoms with Crippen molar-refractivity contribution in [2.24, 2.45) is 5.73 Å². The second kappa shape index (κ2) is 7.21. The van der Waals surface area contributed by atoms with Crippen LogP contribution in [-0.2, 0) is 12.6 Å². The van der Waals surface area contributed by atoms with Gasteiger partial charge in [-0.15, -0.1) is 0 Å². The SMILES string of the molecule is NC(CO)(CO)Cc1ccc(Oc2cccc(C(F)(F)F)c2)cc1. The Hall–Kier alpha value is -2.09. The topological polar surface area (TPSA) is 75.7 Å². The Morgan fingerprint density at radius 3 is 2.08 bits per heavy atom. The van der Waals surface area contributed by atoms with E-state index >= 15 is 0 Å². The predicted molar refractivity (Wildman–Crippen MR) is 82.8 cm³/mol. The first kappa shape index (κ1) is 18.3. The Morgan fingerprint density at radius 2 is 1.54 bits per heavy atom. The summed E-state index contributed by atoms with van der Waals surface area (Å²) in [5, 5.41) is 18.4. The second-order valence-corrected chi connectivity index (χ2v) is 5.63. The van der Waals surface area contributed by atoms with Crippen LogP contribution in [0.1, 0.15) is 11.1 Å². The number of halogens is 3. The third-order valence-electron chi connectivity index (χ3n) is 3.51. The molecule has 130 valence electrons. The Labute approximate surface area is 137 Å². The molecular weight excluding hydrogens is 323 g/mol. The van der Waals surface area contributed by atoms with E-state index in [1.165, 1.54) is 12.1 Å². The van der Waals surface area contributed by atoms with Gasteiger partial charge in [0.1, 0.15) is 11.5 Å². The maximum absolute atomic E-state index is 12.7. The van der Waals surface area contributed by atoms with Gasteiger partial charge in [-0.1, -0.05) is 18.2 Å². The molecule has 0 radical (unpaired) electrons. The minimum atomic E-state index is -4.43. The fraction of sp³-hybridized carbons (Fsp3) is 0.294. The number of aliphatic hydroxyl groups is 2. The number of nitrogens with two attached hydrogens (primary N) is 1. The zero-order valence-corrected chi connectivity index (χ0v) is 12.8. The van der Waals surface area contributed by atoms with Crippen molar-refractivity contribution in [3.8, 4) is 11.5 Å². The summed E-state index contributed by atoms with van der Waals surface area (Å²) in [6.45, 7) is -0.738. The molecule has 0 unspecified atom stereocenters. The average molecular weight is 341 g/mol. The van der Waals surface area contributed by atoms with E-state index in [1.54, 1.807) is 24.3 Å². The van der Waals surface area contributed by atoms with Gasteiger partial charge in [0, 0.05) is 0 Å². The Morgan fingerprint density at radius 1 is 0.917 bits per heavy atom. The summed E-state index contributed by atoms with van der Waals surface area (Å²) in [6, 6.07) is 11.1. The van der Waals surface area contributed by atoms with Gasteiger partial charge in [-0.3, -0.25) is 0 Å². The molecule has 0 aromatic heterocycles. The molecule has 0 aliphatic carbocycles. The molecule has 2 aromatic carbocycles. The highest BCUT2D eigenvalue weighted by Gasteiger charge is 2.30. The highest BCUT2D eigenvalue weighted by molar-refractivity contribution is 5.36. The van der Waals surface area contributed by atoms with Crippen molar-refractivity contribution in [3.05, 3.63) is 59.7 Å². The lowest BCUT2D eigenvalue weighted by Gasteiger charge is -2.24. The van der Waals surface area contributed by atoms with E-state index in [9.17, 15) is 23.4 Å². The van der Waals surface area contributed by atoms with Gasteiger partial charge >= 0.3 is 6.18 Å². The van der Waals surface area contributed by atoms with Crippen LogP contribution in [0.5, 0.6) is 11.5 Å². The number of hydrogen-bond donors (Lipinski definition) is 3. The van der Waals surface area contributed by atoms with Gasteiger partial charge in [0.2, 0.25) is 0 Å². The lowest BCUT2D eigenvalue weighted by molar-refractivity contribution is -0.137. The van der Waals surface area contributed by atoms with Crippen molar-refractivity contribution in [1.82, 2.24) is 0 Å². The first-order valence-electron chi connectivity index (χ1n) is 7.20. The van der Waals surface area contributed by atoms with Gasteiger partial charge in [-0.2, -0.15) is 13.2 Å². The van der Waals surface area contributed by atoms with E-state index in [4.69, 9.17) is 10.5 Å². The van der Waals surface area contributed by atoms with Crippen molar-refractivity contribution in [1.29, 1.82) is 0 Å². The van der Waals surface area contributed by atoms with E-state index in [-0.39, 0.29) is 25.4 Å². The van der Waals surface area contributed by atoms with Crippen molar-refractivity contribution in [2.75, 3.05) is 13.2 Å². The third-order valence-corrected chi connectivity index (χ3v) is 3.51. The van der Waals surface area contributed by atoms with Crippen LogP contribution in [0, 0.1) is 0 Å². The summed E-state index contributed by atoms with van der Waals surface area (Å²) in [7, 11) is 0. The van der Waals surface area contributed by atoms with Gasteiger partial charge in [0.15, 0.2) is 0 Å². The maximum atomic E-state index is 12.7. The molecule has 0 aliphatic rings. The highest BCUT2D eigenvalue weighted by atomic mass is 19.4. The molecule has 24 heavy (non-hydrogen) atoms. The normalized spacial score (nSPS) is 12.2. The fourth-order valence-electron chi connectivity index (χ4n) is 2.12. The number of ether oxygens (including phenoxy) is 1. The van der Waals surface area contributed by atoms with Crippen molar-refractivity contribution >= 4 is 0 Å². The minimum Gasteiger partial charge on any atom is -0.457 e. The molecule has 0 fully saturated rings. The highest BCUT2D eigenvalue weighted by Crippen LogP contribution is 2.32. The van der Waals surface area contributed by atoms with E-state index in [0.29, 0.717) is 5.75 Å². The molecule has 4 nitrogen and oxygen atoms in total. The van der Waals surface area contributed by atoms with Crippen molar-refractivity contribution < 1.29 is 28.1 Å². The van der Waals surface area contributed by atoms with E-state index < -0.39 is 17.3 Å². The average Bonchev–Trinajstić information content (AvgIpc) is 2.56. The molecule has 2 aromatic rings. The monoisotopic (exact) mass is 341 g/mol. The molecule has 2 rings (SSSR count). The van der Waals surface area contributed by atoms with Crippen LogP contribution in [0.2, 0.25) is 0 Å². The molecule has 0 bridgehead atoms. The van der Waals surface area contributed by atoms with E-state index in [0.717, 1.165) is 17.7 Å². The molecular formula is C17H18F3NO3. The summed E-state index contributed by atoms with van der Waals surface area (Å²) in [5.74, 6) is 0.449. The first-order chi connectivity index (χ1) is 11.3. The van der Waals surface area contributed by atoms with Crippen molar-refractivity contribution in [3.63, 3.8) is 0 Å². The Bertz CT molecular complexity index is 668. The zero-order chi connectivity index (χ0) is 17.8. The summed E-state index contributed by atoms with van der Waals surface area (Å²) in [6.07, 6.45) is -4.17. The van der Waals surface area contributed by atoms with E-state index in [2.05, 4.69) is 0 Å². The lowest BCUT2D eigenvalue weighted by atomic mass is 9.93. The van der Waals surface area contributed by atoms with Gasteiger partial charge < -0.3 is 20.7 Å². The lowest BCUT2D eigenvalue weighted by Crippen LogP contribution is -2.49. The van der Waals surface area contributed by atoms with Crippen LogP contribution < -0.4 is 10.5 Å². The van der Waals surface area contributed by atoms with Gasteiger partial charge in [0.05, 0.1) is 24.3 Å². The van der Waals surface area contributed by atoms with Crippen LogP contribution in [0.4, 0.5) is 13.2 Å². The minimum absolute atomic E-state index is 0.0801. The number of hydrogen-bond acceptors (Lipinski definition) is 4. The Kier molecular flexibility index (Phi) is 5.48. The number of rotatable bonds is 6. The number of aliphatic hydroxyl groups excluding tert-OH is 2. The standard InChI is InChI=1S/C17H18F3NO3/c18-17(19,20)13-2-1-3-15(8-13)24-14-6-4-12(5-7-14)9-16(21,10-22)11-23/h1-8,22-23H,9-11,21H2. The molecule has 0 saturated carbocycles. The quantitative estimate of drug-likeness (QED) is 0.755. The number of benzene rings is 2.